The molecule has 3 unspecified atom stereocenters. The highest BCUT2D eigenvalue weighted by atomic mass is 16.7. The van der Waals surface area contributed by atoms with Crippen LogP contribution in [0.2, 0.25) is 0 Å². The van der Waals surface area contributed by atoms with E-state index in [1.165, 1.54) is 18.5 Å². The molecular formula is C16H24N2O2. The summed E-state index contributed by atoms with van der Waals surface area (Å²) >= 11 is 0. The Morgan fingerprint density at radius 3 is 2.80 bits per heavy atom. The Morgan fingerprint density at radius 1 is 1.30 bits per heavy atom. The molecule has 4 nitrogen and oxygen atoms in total. The number of likely N-dealkylation sites (N-methyl/N-ethyl adjacent to an activating group) is 1. The third-order valence-electron chi connectivity index (χ3n) is 4.48. The monoisotopic (exact) mass is 276 g/mol. The third-order valence-corrected chi connectivity index (χ3v) is 4.48. The second-order valence-electron chi connectivity index (χ2n) is 6.10. The molecule has 1 fully saturated rings. The molecule has 1 saturated heterocycles. The minimum atomic E-state index is 0.331. The zero-order valence-corrected chi connectivity index (χ0v) is 12.6. The quantitative estimate of drug-likeness (QED) is 0.915. The summed E-state index contributed by atoms with van der Waals surface area (Å²) in [6, 6.07) is 7.26. The summed E-state index contributed by atoms with van der Waals surface area (Å²) in [4.78, 5) is 2.58. The number of fused-ring (bicyclic) bond motifs is 1. The maximum absolute atomic E-state index is 5.48. The van der Waals surface area contributed by atoms with Gasteiger partial charge in [-0.15, -0.1) is 0 Å². The molecule has 110 valence electrons. The van der Waals surface area contributed by atoms with Gasteiger partial charge in [0.15, 0.2) is 11.5 Å². The summed E-state index contributed by atoms with van der Waals surface area (Å²) in [5.74, 6) is 2.52. The largest absolute Gasteiger partial charge is 0.454 e. The van der Waals surface area contributed by atoms with Crippen molar-refractivity contribution < 1.29 is 9.47 Å². The number of benzene rings is 1. The normalized spacial score (nSPS) is 26.9. The molecule has 2 heterocycles. The first kappa shape index (κ1) is 13.7. The summed E-state index contributed by atoms with van der Waals surface area (Å²) in [7, 11) is 2.03. The lowest BCUT2D eigenvalue weighted by Gasteiger charge is -2.27. The molecule has 0 bridgehead atoms. The summed E-state index contributed by atoms with van der Waals surface area (Å²) in [6.07, 6.45) is 1.30. The Kier molecular flexibility index (Phi) is 3.85. The van der Waals surface area contributed by atoms with Gasteiger partial charge in [0.1, 0.15) is 0 Å². The van der Waals surface area contributed by atoms with E-state index in [9.17, 15) is 0 Å². The maximum atomic E-state index is 5.48. The molecule has 4 heteroatoms. The fourth-order valence-electron chi connectivity index (χ4n) is 3.37. The highest BCUT2D eigenvalue weighted by Gasteiger charge is 2.28. The van der Waals surface area contributed by atoms with E-state index in [4.69, 9.17) is 9.47 Å². The minimum absolute atomic E-state index is 0.331. The lowest BCUT2D eigenvalue weighted by atomic mass is 10.1. The first-order valence-corrected chi connectivity index (χ1v) is 7.48. The number of nitrogens with zero attached hydrogens (tertiary/aromatic N) is 1. The van der Waals surface area contributed by atoms with Crippen molar-refractivity contribution in [2.75, 3.05) is 26.9 Å². The Balaban J connectivity index is 1.73. The number of nitrogens with one attached hydrogen (secondary N) is 1. The molecule has 3 atom stereocenters. The average molecular weight is 276 g/mol. The van der Waals surface area contributed by atoms with E-state index in [1.807, 2.05) is 13.1 Å². The maximum Gasteiger partial charge on any atom is 0.231 e. The van der Waals surface area contributed by atoms with E-state index in [0.717, 1.165) is 24.0 Å². The molecular weight excluding hydrogens is 252 g/mol. The molecule has 1 N–H and O–H groups in total. The average Bonchev–Trinajstić information content (AvgIpc) is 3.01. The van der Waals surface area contributed by atoms with Gasteiger partial charge in [0.05, 0.1) is 0 Å². The molecule has 2 aliphatic rings. The number of hydrogen-bond donors (Lipinski definition) is 1. The lowest BCUT2D eigenvalue weighted by molar-refractivity contribution is 0.174. The van der Waals surface area contributed by atoms with Crippen molar-refractivity contribution in [3.8, 4) is 11.5 Å². The van der Waals surface area contributed by atoms with Gasteiger partial charge >= 0.3 is 0 Å². The van der Waals surface area contributed by atoms with Crippen LogP contribution in [0.25, 0.3) is 0 Å². The Labute approximate surface area is 121 Å². The number of rotatable bonds is 4. The van der Waals surface area contributed by atoms with Crippen molar-refractivity contribution in [3.63, 3.8) is 0 Å². The summed E-state index contributed by atoms with van der Waals surface area (Å²) in [5, 5.41) is 3.43. The van der Waals surface area contributed by atoms with Gasteiger partial charge in [-0.25, -0.2) is 0 Å². The van der Waals surface area contributed by atoms with Crippen molar-refractivity contribution in [2.24, 2.45) is 5.92 Å². The van der Waals surface area contributed by atoms with Crippen LogP contribution in [0.5, 0.6) is 11.5 Å². The van der Waals surface area contributed by atoms with E-state index in [-0.39, 0.29) is 0 Å². The molecule has 0 aromatic heterocycles. The van der Waals surface area contributed by atoms with Crippen LogP contribution in [0.1, 0.15) is 31.9 Å². The van der Waals surface area contributed by atoms with Crippen LogP contribution in [-0.2, 0) is 0 Å². The predicted octanol–water partition coefficient (Wildman–Crippen LogP) is 2.41. The number of likely N-dealkylation sites (tertiary alicyclic amines) is 1. The molecule has 2 aliphatic heterocycles. The highest BCUT2D eigenvalue weighted by Crippen LogP contribution is 2.35. The van der Waals surface area contributed by atoms with Gasteiger partial charge < -0.3 is 14.8 Å². The Hall–Kier alpha value is -1.26. The molecule has 0 amide bonds. The van der Waals surface area contributed by atoms with E-state index in [1.54, 1.807) is 0 Å². The van der Waals surface area contributed by atoms with Crippen LogP contribution in [0.3, 0.4) is 0 Å². The lowest BCUT2D eigenvalue weighted by Crippen LogP contribution is -2.36. The van der Waals surface area contributed by atoms with Crippen molar-refractivity contribution in [1.29, 1.82) is 0 Å². The van der Waals surface area contributed by atoms with E-state index >= 15 is 0 Å². The topological polar surface area (TPSA) is 33.7 Å². The molecule has 20 heavy (non-hydrogen) atoms. The Bertz CT molecular complexity index is 478. The first-order chi connectivity index (χ1) is 9.67. The highest BCUT2D eigenvalue weighted by molar-refractivity contribution is 5.45. The summed E-state index contributed by atoms with van der Waals surface area (Å²) in [6.45, 7) is 7.25. The van der Waals surface area contributed by atoms with Crippen molar-refractivity contribution >= 4 is 0 Å². The van der Waals surface area contributed by atoms with Crippen LogP contribution in [0.15, 0.2) is 18.2 Å². The fourth-order valence-corrected chi connectivity index (χ4v) is 3.37. The van der Waals surface area contributed by atoms with Gasteiger partial charge in [-0.1, -0.05) is 13.0 Å². The van der Waals surface area contributed by atoms with E-state index in [0.29, 0.717) is 18.9 Å². The zero-order chi connectivity index (χ0) is 14.1. The van der Waals surface area contributed by atoms with Gasteiger partial charge in [0.2, 0.25) is 6.79 Å². The number of hydrogen-bond acceptors (Lipinski definition) is 4. The molecule has 0 spiro atoms. The minimum Gasteiger partial charge on any atom is -0.454 e. The molecule has 0 radical (unpaired) electrons. The molecule has 0 saturated carbocycles. The second-order valence-corrected chi connectivity index (χ2v) is 6.10. The number of ether oxygens (including phenoxy) is 2. The van der Waals surface area contributed by atoms with Crippen LogP contribution in [0, 0.1) is 5.92 Å². The molecule has 3 rings (SSSR count). The standard InChI is InChI=1S/C16H24N2O2/c1-11-6-12(2)18(8-11)9-14(17-3)13-4-5-15-16(7-13)20-10-19-15/h4-5,7,11-12,14,17H,6,8-10H2,1-3H3. The van der Waals surface area contributed by atoms with Gasteiger partial charge in [-0.3, -0.25) is 4.90 Å². The van der Waals surface area contributed by atoms with Crippen LogP contribution < -0.4 is 14.8 Å². The first-order valence-electron chi connectivity index (χ1n) is 7.48. The van der Waals surface area contributed by atoms with Gasteiger partial charge in [-0.05, 0) is 44.0 Å². The second kappa shape index (κ2) is 5.62. The molecule has 1 aromatic rings. The zero-order valence-electron chi connectivity index (χ0n) is 12.6. The van der Waals surface area contributed by atoms with Crippen molar-refractivity contribution in [3.05, 3.63) is 23.8 Å². The van der Waals surface area contributed by atoms with Gasteiger partial charge in [-0.2, -0.15) is 0 Å². The van der Waals surface area contributed by atoms with E-state index in [2.05, 4.69) is 36.2 Å². The van der Waals surface area contributed by atoms with Crippen LogP contribution in [0.4, 0.5) is 0 Å². The molecule has 0 aliphatic carbocycles. The fraction of sp³-hybridized carbons (Fsp3) is 0.625. The van der Waals surface area contributed by atoms with Gasteiger partial charge in [0, 0.05) is 25.2 Å². The smallest absolute Gasteiger partial charge is 0.231 e. The molecule has 1 aromatic carbocycles. The van der Waals surface area contributed by atoms with Crippen LogP contribution in [-0.4, -0.2) is 37.9 Å². The third kappa shape index (κ3) is 2.63. The predicted molar refractivity (Wildman–Crippen MR) is 79.2 cm³/mol. The van der Waals surface area contributed by atoms with Crippen molar-refractivity contribution in [1.82, 2.24) is 10.2 Å². The van der Waals surface area contributed by atoms with E-state index < -0.39 is 0 Å². The SMILES string of the molecule is CNC(CN1CC(C)CC1C)c1ccc2c(c1)OCO2. The summed E-state index contributed by atoms with van der Waals surface area (Å²) < 4.78 is 10.9. The van der Waals surface area contributed by atoms with Crippen molar-refractivity contribution in [2.45, 2.75) is 32.4 Å². The van der Waals surface area contributed by atoms with Gasteiger partial charge in [0.25, 0.3) is 0 Å². The Morgan fingerprint density at radius 2 is 2.10 bits per heavy atom. The summed E-state index contributed by atoms with van der Waals surface area (Å²) in [5.41, 5.74) is 1.27. The van der Waals surface area contributed by atoms with Crippen LogP contribution >= 0.6 is 0 Å².